The number of halogens is 4. The number of carbonyl (C=O) groups is 2. The lowest BCUT2D eigenvalue weighted by Crippen LogP contribution is -2.48. The number of hydrogen-bond acceptors (Lipinski definition) is 7. The van der Waals surface area contributed by atoms with Gasteiger partial charge in [-0.25, -0.2) is 17.6 Å². The molecule has 11 nitrogen and oxygen atoms in total. The first-order valence-corrected chi connectivity index (χ1v) is 18.3. The highest BCUT2D eigenvalue weighted by molar-refractivity contribution is 7.92. The molecule has 1 aliphatic rings. The summed E-state index contributed by atoms with van der Waals surface area (Å²) >= 11 is 0. The number of fused-ring (bicyclic) bond motifs is 1. The SMILES string of the molecule is C[C@@H]1CCCCO[C@@H](CN(C)C(=O)Nc2ccc(C(F)(F)F)cc2)[C@H](C)CN([C@H](C)CO)C(=O)c2cc(NS(=O)(=O)c3ccc(F)cc3)ccc2O1. The molecule has 1 aliphatic heterocycles. The van der Waals surface area contributed by atoms with E-state index in [1.54, 1.807) is 6.92 Å². The van der Waals surface area contributed by atoms with Crippen LogP contribution in [0.15, 0.2) is 71.6 Å². The van der Waals surface area contributed by atoms with Gasteiger partial charge in [-0.3, -0.25) is 9.52 Å². The predicted octanol–water partition coefficient (Wildman–Crippen LogP) is 6.60. The standard InChI is InChI=1S/C36H44F4N4O7S/c1-23-20-44(24(2)22-45)34(46)31-19-29(42-52(48,49)30-15-10-27(37)11-16-30)14-17-32(31)51-25(3)7-5-6-18-50-33(23)21-43(4)35(47)41-28-12-8-26(9-13-28)36(38,39)40/h8-17,19,23-25,33,42,45H,5-7,18,20-22H2,1-4H3,(H,41,47)/t23-,24-,25-,33+/m1/s1. The van der Waals surface area contributed by atoms with Crippen molar-refractivity contribution >= 4 is 33.3 Å². The van der Waals surface area contributed by atoms with E-state index in [2.05, 4.69) is 10.0 Å². The van der Waals surface area contributed by atoms with Crippen LogP contribution in [0.1, 0.15) is 56.0 Å². The van der Waals surface area contributed by atoms with Crippen LogP contribution in [-0.2, 0) is 20.9 Å². The molecular formula is C36H44F4N4O7S. The van der Waals surface area contributed by atoms with Crippen molar-refractivity contribution in [2.24, 2.45) is 5.92 Å². The van der Waals surface area contributed by atoms with E-state index in [9.17, 15) is 40.7 Å². The Labute approximate surface area is 300 Å². The Morgan fingerprint density at radius 2 is 1.69 bits per heavy atom. The van der Waals surface area contributed by atoms with Gasteiger partial charge < -0.3 is 29.7 Å². The fourth-order valence-electron chi connectivity index (χ4n) is 5.59. The Hall–Kier alpha value is -4.41. The Balaban J connectivity index is 1.59. The number of benzene rings is 3. The monoisotopic (exact) mass is 752 g/mol. The largest absolute Gasteiger partial charge is 0.490 e. The number of sulfonamides is 1. The summed E-state index contributed by atoms with van der Waals surface area (Å²) in [5, 5.41) is 12.8. The summed E-state index contributed by atoms with van der Waals surface area (Å²) in [6.07, 6.45) is -3.49. The summed E-state index contributed by atoms with van der Waals surface area (Å²) in [5.41, 5.74) is -0.572. The van der Waals surface area contributed by atoms with Crippen LogP contribution in [-0.4, -0.2) is 86.9 Å². The molecule has 1 heterocycles. The summed E-state index contributed by atoms with van der Waals surface area (Å²) in [6, 6.07) is 11.4. The van der Waals surface area contributed by atoms with Crippen molar-refractivity contribution in [3.05, 3.63) is 83.7 Å². The average Bonchev–Trinajstić information content (AvgIpc) is 3.09. The molecule has 0 unspecified atom stereocenters. The molecule has 3 aromatic carbocycles. The van der Waals surface area contributed by atoms with Crippen LogP contribution in [0.2, 0.25) is 0 Å². The Morgan fingerprint density at radius 1 is 1.04 bits per heavy atom. The summed E-state index contributed by atoms with van der Waals surface area (Å²) in [6.45, 7) is 5.38. The first-order chi connectivity index (χ1) is 24.5. The van der Waals surface area contributed by atoms with Crippen LogP contribution < -0.4 is 14.8 Å². The zero-order valence-electron chi connectivity index (χ0n) is 29.3. The van der Waals surface area contributed by atoms with Gasteiger partial charge in [0, 0.05) is 44.0 Å². The van der Waals surface area contributed by atoms with E-state index >= 15 is 0 Å². The van der Waals surface area contributed by atoms with Gasteiger partial charge in [-0.05, 0) is 99.8 Å². The Kier molecular flexibility index (Phi) is 13.5. The highest BCUT2D eigenvalue weighted by atomic mass is 32.2. The zero-order valence-corrected chi connectivity index (χ0v) is 30.1. The number of hydrogen-bond donors (Lipinski definition) is 3. The normalized spacial score (nSPS) is 19.8. The summed E-state index contributed by atoms with van der Waals surface area (Å²) < 4.78 is 93.5. The number of nitrogens with zero attached hydrogens (tertiary/aromatic N) is 2. The molecule has 0 saturated carbocycles. The topological polar surface area (TPSA) is 138 Å². The van der Waals surface area contributed by atoms with Gasteiger partial charge in [0.1, 0.15) is 11.6 Å². The van der Waals surface area contributed by atoms with Crippen LogP contribution in [0, 0.1) is 11.7 Å². The van der Waals surface area contributed by atoms with E-state index in [0.717, 1.165) is 48.5 Å². The van der Waals surface area contributed by atoms with Crippen molar-refractivity contribution in [2.75, 3.05) is 43.4 Å². The van der Waals surface area contributed by atoms with Crippen molar-refractivity contribution in [2.45, 2.75) is 69.4 Å². The molecular weight excluding hydrogens is 708 g/mol. The van der Waals surface area contributed by atoms with E-state index in [1.807, 2.05) is 13.8 Å². The molecule has 16 heteroatoms. The van der Waals surface area contributed by atoms with Gasteiger partial charge in [-0.1, -0.05) is 6.92 Å². The number of carbonyl (C=O) groups excluding carboxylic acids is 2. The van der Waals surface area contributed by atoms with Crippen molar-refractivity contribution in [1.29, 1.82) is 0 Å². The molecule has 0 bridgehead atoms. The third-order valence-corrected chi connectivity index (χ3v) is 10.1. The molecule has 0 saturated heterocycles. The van der Waals surface area contributed by atoms with Gasteiger partial charge in [0.2, 0.25) is 0 Å². The number of alkyl halides is 3. The van der Waals surface area contributed by atoms with E-state index in [4.69, 9.17) is 9.47 Å². The van der Waals surface area contributed by atoms with Gasteiger partial charge in [-0.15, -0.1) is 0 Å². The molecule has 3 N–H and O–H groups in total. The van der Waals surface area contributed by atoms with Crippen LogP contribution in [0.4, 0.5) is 33.7 Å². The number of likely N-dealkylation sites (N-methyl/N-ethyl adjacent to an activating group) is 1. The highest BCUT2D eigenvalue weighted by Crippen LogP contribution is 2.31. The number of nitrogens with one attached hydrogen (secondary N) is 2. The lowest BCUT2D eigenvalue weighted by atomic mass is 10.0. The van der Waals surface area contributed by atoms with Crippen LogP contribution in [0.25, 0.3) is 0 Å². The summed E-state index contributed by atoms with van der Waals surface area (Å²) in [5.74, 6) is -1.35. The second kappa shape index (κ2) is 17.4. The van der Waals surface area contributed by atoms with E-state index < -0.39 is 64.2 Å². The molecule has 284 valence electrons. The summed E-state index contributed by atoms with van der Waals surface area (Å²) in [7, 11) is -2.63. The average molecular weight is 753 g/mol. The number of rotatable bonds is 8. The fraction of sp³-hybridized carbons (Fsp3) is 0.444. The molecule has 0 aliphatic carbocycles. The summed E-state index contributed by atoms with van der Waals surface area (Å²) in [4.78, 5) is 30.0. The number of amides is 3. The number of aliphatic hydroxyl groups is 1. The molecule has 0 radical (unpaired) electrons. The minimum Gasteiger partial charge on any atom is -0.490 e. The van der Waals surface area contributed by atoms with E-state index in [0.29, 0.717) is 25.9 Å². The van der Waals surface area contributed by atoms with Crippen molar-refractivity contribution in [3.63, 3.8) is 0 Å². The number of urea groups is 1. The fourth-order valence-corrected chi connectivity index (χ4v) is 6.64. The Morgan fingerprint density at radius 3 is 2.33 bits per heavy atom. The lowest BCUT2D eigenvalue weighted by molar-refractivity contribution is -0.137. The van der Waals surface area contributed by atoms with E-state index in [1.165, 1.54) is 35.0 Å². The maximum absolute atomic E-state index is 14.3. The number of ether oxygens (including phenoxy) is 2. The molecule has 3 aromatic rings. The predicted molar refractivity (Wildman–Crippen MR) is 187 cm³/mol. The van der Waals surface area contributed by atoms with Gasteiger partial charge in [0.25, 0.3) is 15.9 Å². The van der Waals surface area contributed by atoms with Gasteiger partial charge in [-0.2, -0.15) is 13.2 Å². The molecule has 52 heavy (non-hydrogen) atoms. The van der Waals surface area contributed by atoms with Gasteiger partial charge in [0.15, 0.2) is 0 Å². The minimum atomic E-state index is -4.51. The zero-order chi connectivity index (χ0) is 38.2. The first kappa shape index (κ1) is 40.4. The quantitative estimate of drug-likeness (QED) is 0.221. The highest BCUT2D eigenvalue weighted by Gasteiger charge is 2.32. The molecule has 4 atom stereocenters. The maximum atomic E-state index is 14.3. The number of aliphatic hydroxyl groups excluding tert-OH is 1. The second-order valence-corrected chi connectivity index (χ2v) is 14.6. The van der Waals surface area contributed by atoms with Crippen LogP contribution >= 0.6 is 0 Å². The van der Waals surface area contributed by atoms with Crippen LogP contribution in [0.5, 0.6) is 5.75 Å². The van der Waals surface area contributed by atoms with Gasteiger partial charge in [0.05, 0.1) is 40.9 Å². The van der Waals surface area contributed by atoms with Gasteiger partial charge >= 0.3 is 12.2 Å². The molecule has 3 amide bonds. The molecule has 4 rings (SSSR count). The third-order valence-electron chi connectivity index (χ3n) is 8.69. The first-order valence-electron chi connectivity index (χ1n) is 16.8. The second-order valence-electron chi connectivity index (χ2n) is 13.0. The smallest absolute Gasteiger partial charge is 0.416 e. The minimum absolute atomic E-state index is 0.0428. The Bertz CT molecular complexity index is 1780. The van der Waals surface area contributed by atoms with Crippen LogP contribution in [0.3, 0.4) is 0 Å². The van der Waals surface area contributed by atoms with Crippen molar-refractivity contribution in [3.8, 4) is 5.75 Å². The third kappa shape index (κ3) is 10.8. The van der Waals surface area contributed by atoms with Crippen molar-refractivity contribution < 1.29 is 50.1 Å². The van der Waals surface area contributed by atoms with Crippen molar-refractivity contribution in [1.82, 2.24) is 9.80 Å². The van der Waals surface area contributed by atoms with E-state index in [-0.39, 0.29) is 46.8 Å². The maximum Gasteiger partial charge on any atom is 0.416 e. The number of anilines is 2. The molecule has 0 spiro atoms. The lowest BCUT2D eigenvalue weighted by Gasteiger charge is -2.35. The molecule has 0 aromatic heterocycles. The molecule has 0 fully saturated rings.